The number of hydrogen-bond donors (Lipinski definition) is 0. The van der Waals surface area contributed by atoms with Crippen LogP contribution in [0.15, 0.2) is 53.6 Å². The lowest BCUT2D eigenvalue weighted by atomic mass is 9.86. The van der Waals surface area contributed by atoms with Crippen molar-refractivity contribution in [3.05, 3.63) is 75.8 Å². The van der Waals surface area contributed by atoms with Crippen molar-refractivity contribution in [3.63, 3.8) is 0 Å². The molecule has 0 radical (unpaired) electrons. The summed E-state index contributed by atoms with van der Waals surface area (Å²) in [6.07, 6.45) is 4.69. The molecule has 0 bridgehead atoms. The van der Waals surface area contributed by atoms with Crippen LogP contribution in [0, 0.1) is 12.8 Å². The van der Waals surface area contributed by atoms with Gasteiger partial charge in [0, 0.05) is 37.8 Å². The van der Waals surface area contributed by atoms with E-state index < -0.39 is 0 Å². The first kappa shape index (κ1) is 19.5. The van der Waals surface area contributed by atoms with E-state index in [0.717, 1.165) is 18.4 Å². The van der Waals surface area contributed by atoms with Crippen LogP contribution >= 0.6 is 0 Å². The third-order valence-electron chi connectivity index (χ3n) is 6.22. The molecule has 3 aromatic rings. The average molecular weight is 417 g/mol. The molecule has 4 heterocycles. The Morgan fingerprint density at radius 1 is 1.19 bits per heavy atom. The van der Waals surface area contributed by atoms with Crippen molar-refractivity contribution in [2.75, 3.05) is 13.1 Å². The first-order valence-electron chi connectivity index (χ1n) is 10.6. The van der Waals surface area contributed by atoms with E-state index >= 15 is 0 Å². The average Bonchev–Trinajstić information content (AvgIpc) is 2.79. The van der Waals surface area contributed by atoms with Gasteiger partial charge in [-0.2, -0.15) is 0 Å². The van der Waals surface area contributed by atoms with Gasteiger partial charge in [-0.3, -0.25) is 18.8 Å². The molecular weight excluding hydrogens is 394 g/mol. The Labute approximate surface area is 179 Å². The van der Waals surface area contributed by atoms with E-state index in [9.17, 15) is 14.4 Å². The molecule has 2 unspecified atom stereocenters. The fourth-order valence-corrected chi connectivity index (χ4v) is 4.57. The molecule has 0 N–H and O–H groups in total. The number of hydrogen-bond acceptors (Lipinski definition) is 5. The molecule has 0 aliphatic carbocycles. The summed E-state index contributed by atoms with van der Waals surface area (Å²) < 4.78 is 7.56. The highest BCUT2D eigenvalue weighted by Crippen LogP contribution is 2.34. The van der Waals surface area contributed by atoms with Gasteiger partial charge in [-0.05, 0) is 44.0 Å². The number of nitrogens with zero attached hydrogens (tertiary/aromatic N) is 3. The number of piperidine rings is 1. The fraction of sp³-hybridized carbons (Fsp3) is 0.333. The number of likely N-dealkylation sites (tertiary alicyclic amines) is 1. The molecule has 1 saturated heterocycles. The SMILES string of the molecule is Cc1ccc2c(c1)C(=O)CC(C1CCCN(C(=O)c3cnc4ccccn4c3=O)C1)O2. The van der Waals surface area contributed by atoms with Crippen LogP contribution in [-0.4, -0.2) is 45.2 Å². The fourth-order valence-electron chi connectivity index (χ4n) is 4.57. The van der Waals surface area contributed by atoms with Crippen LogP contribution in [0.5, 0.6) is 5.75 Å². The maximum Gasteiger partial charge on any atom is 0.270 e. The molecule has 2 aromatic heterocycles. The summed E-state index contributed by atoms with van der Waals surface area (Å²) in [5, 5.41) is 0. The number of Topliss-reactive ketones (excluding diaryl/α,β-unsaturated/α-hetero) is 1. The predicted octanol–water partition coefficient (Wildman–Crippen LogP) is 2.89. The van der Waals surface area contributed by atoms with Crippen molar-refractivity contribution in [2.45, 2.75) is 32.3 Å². The molecule has 7 heteroatoms. The molecule has 1 amide bonds. The minimum Gasteiger partial charge on any atom is -0.489 e. The van der Waals surface area contributed by atoms with Crippen molar-refractivity contribution >= 4 is 17.3 Å². The van der Waals surface area contributed by atoms with Crippen LogP contribution in [-0.2, 0) is 0 Å². The Hall–Kier alpha value is -3.48. The van der Waals surface area contributed by atoms with Crippen molar-refractivity contribution in [3.8, 4) is 5.75 Å². The minimum atomic E-state index is -0.369. The molecule has 1 fully saturated rings. The number of ketones is 1. The van der Waals surface area contributed by atoms with Crippen LogP contribution in [0.4, 0.5) is 0 Å². The Morgan fingerprint density at radius 3 is 2.94 bits per heavy atom. The van der Waals surface area contributed by atoms with E-state index in [1.165, 1.54) is 10.6 Å². The lowest BCUT2D eigenvalue weighted by Crippen LogP contribution is -2.47. The summed E-state index contributed by atoms with van der Waals surface area (Å²) in [5.41, 5.74) is 1.86. The highest BCUT2D eigenvalue weighted by molar-refractivity contribution is 6.00. The number of carbonyl (C=O) groups is 2. The summed E-state index contributed by atoms with van der Waals surface area (Å²) in [7, 11) is 0. The van der Waals surface area contributed by atoms with E-state index in [0.29, 0.717) is 36.5 Å². The summed E-state index contributed by atoms with van der Waals surface area (Å²) in [6.45, 7) is 2.98. The molecule has 0 saturated carbocycles. The second kappa shape index (κ2) is 7.65. The zero-order valence-corrected chi connectivity index (χ0v) is 17.3. The van der Waals surface area contributed by atoms with Gasteiger partial charge in [-0.25, -0.2) is 4.98 Å². The molecule has 7 nitrogen and oxygen atoms in total. The van der Waals surface area contributed by atoms with Gasteiger partial charge < -0.3 is 9.64 Å². The molecule has 31 heavy (non-hydrogen) atoms. The topological polar surface area (TPSA) is 81.0 Å². The third kappa shape index (κ3) is 3.50. The number of fused-ring (bicyclic) bond motifs is 2. The van der Waals surface area contributed by atoms with Gasteiger partial charge in [0.25, 0.3) is 11.5 Å². The zero-order valence-electron chi connectivity index (χ0n) is 17.3. The highest BCUT2D eigenvalue weighted by Gasteiger charge is 2.36. The van der Waals surface area contributed by atoms with Gasteiger partial charge in [0.05, 0.1) is 5.56 Å². The number of benzene rings is 1. The standard InChI is InChI=1S/C24H23N3O4/c1-15-7-8-20-17(11-15)19(28)12-21(31-20)16-5-4-9-26(14-16)23(29)18-13-25-22-6-2-3-10-27(22)24(18)30/h2-3,6-8,10-11,13,16,21H,4-5,9,12,14H2,1H3. The number of carbonyl (C=O) groups excluding carboxylic acids is 2. The Bertz CT molecular complexity index is 1250. The lowest BCUT2D eigenvalue weighted by Gasteiger charge is -2.38. The smallest absolute Gasteiger partial charge is 0.270 e. The van der Waals surface area contributed by atoms with Crippen LogP contribution in [0.3, 0.4) is 0 Å². The van der Waals surface area contributed by atoms with Gasteiger partial charge >= 0.3 is 0 Å². The molecule has 5 rings (SSSR count). The van der Waals surface area contributed by atoms with E-state index in [1.54, 1.807) is 29.3 Å². The third-order valence-corrected chi connectivity index (χ3v) is 6.22. The lowest BCUT2D eigenvalue weighted by molar-refractivity contribution is 0.0408. The van der Waals surface area contributed by atoms with Crippen molar-refractivity contribution in [1.82, 2.24) is 14.3 Å². The van der Waals surface area contributed by atoms with E-state index in [4.69, 9.17) is 4.74 Å². The molecule has 1 aromatic carbocycles. The van der Waals surface area contributed by atoms with Crippen LogP contribution in [0.25, 0.3) is 5.65 Å². The van der Waals surface area contributed by atoms with E-state index in [-0.39, 0.29) is 34.8 Å². The maximum atomic E-state index is 13.2. The molecule has 2 atom stereocenters. The Balaban J connectivity index is 1.37. The quantitative estimate of drug-likeness (QED) is 0.641. The summed E-state index contributed by atoms with van der Waals surface area (Å²) >= 11 is 0. The second-order valence-electron chi connectivity index (χ2n) is 8.34. The van der Waals surface area contributed by atoms with Gasteiger partial charge in [-0.1, -0.05) is 17.7 Å². The molecular formula is C24H23N3O4. The first-order chi connectivity index (χ1) is 15.0. The number of ether oxygens (including phenoxy) is 1. The van der Waals surface area contributed by atoms with E-state index in [1.807, 2.05) is 25.1 Å². The largest absolute Gasteiger partial charge is 0.489 e. The summed E-state index contributed by atoms with van der Waals surface area (Å²) in [6, 6.07) is 10.9. The molecule has 2 aliphatic heterocycles. The van der Waals surface area contributed by atoms with Crippen molar-refractivity contribution in [1.29, 1.82) is 0 Å². The van der Waals surface area contributed by atoms with E-state index in [2.05, 4.69) is 4.98 Å². The number of aryl methyl sites for hydroxylation is 1. The van der Waals surface area contributed by atoms with Gasteiger partial charge in [0.2, 0.25) is 0 Å². The zero-order chi connectivity index (χ0) is 21.5. The maximum absolute atomic E-state index is 13.2. The van der Waals surface area contributed by atoms with Gasteiger partial charge in [0.1, 0.15) is 23.1 Å². The van der Waals surface area contributed by atoms with Crippen molar-refractivity contribution < 1.29 is 14.3 Å². The first-order valence-corrected chi connectivity index (χ1v) is 10.6. The second-order valence-corrected chi connectivity index (χ2v) is 8.34. The monoisotopic (exact) mass is 417 g/mol. The molecule has 158 valence electrons. The summed E-state index contributed by atoms with van der Waals surface area (Å²) in [5.74, 6) is 0.411. The number of amides is 1. The number of aromatic nitrogens is 2. The normalized spacial score (nSPS) is 20.9. The van der Waals surface area contributed by atoms with Gasteiger partial charge in [-0.15, -0.1) is 0 Å². The highest BCUT2D eigenvalue weighted by atomic mass is 16.5. The van der Waals surface area contributed by atoms with Crippen molar-refractivity contribution in [2.24, 2.45) is 5.92 Å². The molecule has 0 spiro atoms. The predicted molar refractivity (Wildman–Crippen MR) is 115 cm³/mol. The van der Waals surface area contributed by atoms with Crippen LogP contribution < -0.4 is 10.3 Å². The number of pyridine rings is 1. The van der Waals surface area contributed by atoms with Gasteiger partial charge in [0.15, 0.2) is 5.78 Å². The van der Waals surface area contributed by atoms with Crippen LogP contribution in [0.1, 0.15) is 45.5 Å². The Morgan fingerprint density at radius 2 is 2.06 bits per heavy atom. The Kier molecular flexibility index (Phi) is 4.81. The number of rotatable bonds is 2. The van der Waals surface area contributed by atoms with Crippen LogP contribution in [0.2, 0.25) is 0 Å². The molecule has 2 aliphatic rings. The summed E-state index contributed by atoms with van der Waals surface area (Å²) in [4.78, 5) is 44.6. The minimum absolute atomic E-state index is 0.0345.